The number of esters is 1. The average molecular weight is 410 g/mol. The fourth-order valence-corrected chi connectivity index (χ4v) is 3.91. The molecule has 1 aromatic carbocycles. The molecular formula is C21H22N4O5. The van der Waals surface area contributed by atoms with E-state index in [1.165, 1.54) is 11.2 Å². The van der Waals surface area contributed by atoms with Gasteiger partial charge in [-0.25, -0.2) is 9.97 Å². The number of hydrogen-bond acceptors (Lipinski definition) is 8. The van der Waals surface area contributed by atoms with Crippen LogP contribution in [0.5, 0.6) is 5.88 Å². The van der Waals surface area contributed by atoms with Gasteiger partial charge in [0.25, 0.3) is 5.91 Å². The van der Waals surface area contributed by atoms with Gasteiger partial charge in [-0.2, -0.15) is 0 Å². The first-order valence-electron chi connectivity index (χ1n) is 9.84. The Hall–Kier alpha value is -3.49. The van der Waals surface area contributed by atoms with Crippen LogP contribution >= 0.6 is 0 Å². The SMILES string of the molecule is CCOC(=O)CN1CCc2cc(C3CCOc4ncnc(N)c4C3=O)ccc2C1=O. The van der Waals surface area contributed by atoms with E-state index in [1.807, 2.05) is 6.07 Å². The number of nitrogens with two attached hydrogens (primary N) is 1. The van der Waals surface area contributed by atoms with Crippen LogP contribution in [-0.4, -0.2) is 58.8 Å². The molecule has 1 atom stereocenters. The summed E-state index contributed by atoms with van der Waals surface area (Å²) in [6, 6.07) is 5.38. The maximum absolute atomic E-state index is 13.2. The van der Waals surface area contributed by atoms with Crippen molar-refractivity contribution in [3.63, 3.8) is 0 Å². The highest BCUT2D eigenvalue weighted by Crippen LogP contribution is 2.34. The van der Waals surface area contributed by atoms with Crippen LogP contribution in [-0.2, 0) is 16.0 Å². The highest BCUT2D eigenvalue weighted by Gasteiger charge is 2.33. The summed E-state index contributed by atoms with van der Waals surface area (Å²) in [5.74, 6) is -0.982. The first-order chi connectivity index (χ1) is 14.5. The Labute approximate surface area is 173 Å². The Kier molecular flexibility index (Phi) is 5.35. The van der Waals surface area contributed by atoms with E-state index < -0.39 is 11.9 Å². The van der Waals surface area contributed by atoms with Crippen molar-refractivity contribution in [1.29, 1.82) is 0 Å². The monoisotopic (exact) mass is 410 g/mol. The Morgan fingerprint density at radius 1 is 1.33 bits per heavy atom. The number of rotatable bonds is 4. The van der Waals surface area contributed by atoms with Gasteiger partial charge in [0, 0.05) is 12.1 Å². The maximum Gasteiger partial charge on any atom is 0.325 e. The van der Waals surface area contributed by atoms with Crippen LogP contribution in [0.25, 0.3) is 0 Å². The number of benzene rings is 1. The lowest BCUT2D eigenvalue weighted by molar-refractivity contribution is -0.143. The fourth-order valence-electron chi connectivity index (χ4n) is 3.91. The molecule has 2 N–H and O–H groups in total. The fraction of sp³-hybridized carbons (Fsp3) is 0.381. The van der Waals surface area contributed by atoms with Crippen molar-refractivity contribution in [2.24, 2.45) is 0 Å². The molecule has 9 heteroatoms. The van der Waals surface area contributed by atoms with Crippen LogP contribution in [0.4, 0.5) is 5.82 Å². The molecule has 3 heterocycles. The number of anilines is 1. The van der Waals surface area contributed by atoms with Gasteiger partial charge in [-0.1, -0.05) is 12.1 Å². The quantitative estimate of drug-likeness (QED) is 0.750. The van der Waals surface area contributed by atoms with Crippen molar-refractivity contribution in [2.75, 3.05) is 32.0 Å². The summed E-state index contributed by atoms with van der Waals surface area (Å²) >= 11 is 0. The number of amides is 1. The zero-order valence-corrected chi connectivity index (χ0v) is 16.6. The van der Waals surface area contributed by atoms with Crippen molar-refractivity contribution >= 4 is 23.5 Å². The second-order valence-electron chi connectivity index (χ2n) is 7.19. The van der Waals surface area contributed by atoms with Gasteiger partial charge in [-0.05, 0) is 37.0 Å². The third-order valence-electron chi connectivity index (χ3n) is 5.38. The van der Waals surface area contributed by atoms with Crippen LogP contribution in [0.3, 0.4) is 0 Å². The van der Waals surface area contributed by atoms with E-state index in [9.17, 15) is 14.4 Å². The van der Waals surface area contributed by atoms with Gasteiger partial charge < -0.3 is 20.1 Å². The summed E-state index contributed by atoms with van der Waals surface area (Å²) in [5.41, 5.74) is 8.30. The molecule has 9 nitrogen and oxygen atoms in total. The minimum atomic E-state index is -0.461. The van der Waals surface area contributed by atoms with E-state index >= 15 is 0 Å². The summed E-state index contributed by atoms with van der Waals surface area (Å²) in [6.07, 6.45) is 2.33. The summed E-state index contributed by atoms with van der Waals surface area (Å²) in [4.78, 5) is 47.1. The largest absolute Gasteiger partial charge is 0.477 e. The predicted octanol–water partition coefficient (Wildman–Crippen LogP) is 1.37. The number of aromatic nitrogens is 2. The number of nitrogens with zero attached hydrogens (tertiary/aromatic N) is 3. The zero-order chi connectivity index (χ0) is 21.3. The summed E-state index contributed by atoms with van der Waals surface area (Å²) < 4.78 is 10.5. The van der Waals surface area contributed by atoms with Crippen molar-refractivity contribution in [3.05, 3.63) is 46.8 Å². The number of ketones is 1. The molecule has 0 saturated heterocycles. The molecule has 0 fully saturated rings. The molecule has 2 aliphatic rings. The lowest BCUT2D eigenvalue weighted by atomic mass is 9.86. The van der Waals surface area contributed by atoms with Gasteiger partial charge in [0.15, 0.2) is 5.78 Å². The lowest BCUT2D eigenvalue weighted by Crippen LogP contribution is -2.41. The van der Waals surface area contributed by atoms with E-state index in [1.54, 1.807) is 19.1 Å². The number of Topliss-reactive ketones (excluding diaryl/α,β-unsaturated/α-hetero) is 1. The molecular weight excluding hydrogens is 388 g/mol. The van der Waals surface area contributed by atoms with Crippen molar-refractivity contribution in [2.45, 2.75) is 25.7 Å². The molecule has 1 unspecified atom stereocenters. The highest BCUT2D eigenvalue weighted by molar-refractivity contribution is 6.06. The van der Waals surface area contributed by atoms with E-state index in [4.69, 9.17) is 15.2 Å². The Morgan fingerprint density at radius 3 is 2.97 bits per heavy atom. The molecule has 2 aliphatic heterocycles. The number of hydrogen-bond donors (Lipinski definition) is 1. The number of carbonyl (C=O) groups excluding carboxylic acids is 3. The van der Waals surface area contributed by atoms with Crippen molar-refractivity contribution in [3.8, 4) is 5.88 Å². The molecule has 0 radical (unpaired) electrons. The molecule has 4 rings (SSSR count). The molecule has 0 spiro atoms. The second kappa shape index (κ2) is 8.10. The zero-order valence-electron chi connectivity index (χ0n) is 16.6. The van der Waals surface area contributed by atoms with Gasteiger partial charge >= 0.3 is 5.97 Å². The minimum absolute atomic E-state index is 0.0671. The van der Waals surface area contributed by atoms with Gasteiger partial charge in [0.05, 0.1) is 19.1 Å². The van der Waals surface area contributed by atoms with Crippen molar-refractivity contribution < 1.29 is 23.9 Å². The summed E-state index contributed by atoms with van der Waals surface area (Å²) in [6.45, 7) is 2.67. The number of ether oxygens (including phenoxy) is 2. The Balaban J connectivity index is 1.60. The van der Waals surface area contributed by atoms with E-state index in [0.29, 0.717) is 31.6 Å². The predicted molar refractivity (Wildman–Crippen MR) is 106 cm³/mol. The molecule has 0 saturated carbocycles. The van der Waals surface area contributed by atoms with Gasteiger partial charge in [-0.3, -0.25) is 14.4 Å². The average Bonchev–Trinajstić information content (AvgIpc) is 2.90. The third-order valence-corrected chi connectivity index (χ3v) is 5.38. The summed E-state index contributed by atoms with van der Waals surface area (Å²) in [7, 11) is 0. The molecule has 30 heavy (non-hydrogen) atoms. The molecule has 0 aliphatic carbocycles. The third kappa shape index (κ3) is 3.58. The first kappa shape index (κ1) is 19.8. The molecule has 0 bridgehead atoms. The van der Waals surface area contributed by atoms with Crippen LogP contribution in [0.15, 0.2) is 24.5 Å². The second-order valence-corrected chi connectivity index (χ2v) is 7.19. The molecule has 156 valence electrons. The summed E-state index contributed by atoms with van der Waals surface area (Å²) in [5, 5.41) is 0. The Morgan fingerprint density at radius 2 is 2.17 bits per heavy atom. The van der Waals surface area contributed by atoms with Crippen LogP contribution < -0.4 is 10.5 Å². The van der Waals surface area contributed by atoms with Crippen molar-refractivity contribution in [1.82, 2.24) is 14.9 Å². The maximum atomic E-state index is 13.2. The molecule has 1 aromatic heterocycles. The first-order valence-corrected chi connectivity index (χ1v) is 9.84. The van der Waals surface area contributed by atoms with Crippen LogP contribution in [0, 0.1) is 0 Å². The molecule has 2 aromatic rings. The number of carbonyl (C=O) groups is 3. The number of fused-ring (bicyclic) bond motifs is 2. The van der Waals surface area contributed by atoms with E-state index in [-0.39, 0.29) is 42.1 Å². The normalized spacial score (nSPS) is 18.2. The molecule has 1 amide bonds. The highest BCUT2D eigenvalue weighted by atomic mass is 16.5. The van der Waals surface area contributed by atoms with Gasteiger partial charge in [-0.15, -0.1) is 0 Å². The Bertz CT molecular complexity index is 1020. The van der Waals surface area contributed by atoms with Crippen LogP contribution in [0.2, 0.25) is 0 Å². The van der Waals surface area contributed by atoms with E-state index in [0.717, 1.165) is 11.1 Å². The van der Waals surface area contributed by atoms with Gasteiger partial charge in [0.1, 0.15) is 24.3 Å². The smallest absolute Gasteiger partial charge is 0.325 e. The van der Waals surface area contributed by atoms with Gasteiger partial charge in [0.2, 0.25) is 5.88 Å². The topological polar surface area (TPSA) is 125 Å². The minimum Gasteiger partial charge on any atom is -0.477 e. The number of nitrogen functional groups attached to an aromatic ring is 1. The standard InChI is InChI=1S/C21H22N4O5/c1-2-29-16(26)10-25-7-5-13-9-12(3-4-15(13)21(25)28)14-6-8-30-20-17(18(14)27)19(22)23-11-24-20/h3-4,9,11,14H,2,5-8,10H2,1H3,(H2,22,23,24). The lowest BCUT2D eigenvalue weighted by Gasteiger charge is -2.28. The van der Waals surface area contributed by atoms with E-state index in [2.05, 4.69) is 9.97 Å². The van der Waals surface area contributed by atoms with Crippen LogP contribution in [0.1, 0.15) is 51.1 Å².